The molecule has 1 aliphatic heterocycles. The van der Waals surface area contributed by atoms with Gasteiger partial charge in [-0.2, -0.15) is 0 Å². The van der Waals surface area contributed by atoms with Gasteiger partial charge in [-0.25, -0.2) is 9.97 Å². The second kappa shape index (κ2) is 11.2. The van der Waals surface area contributed by atoms with Crippen LogP contribution >= 0.6 is 0 Å². The molecule has 6 nitrogen and oxygen atoms in total. The summed E-state index contributed by atoms with van der Waals surface area (Å²) >= 11 is 0. The number of pyridine rings is 2. The molecule has 2 N–H and O–H groups in total. The number of aromatic nitrogens is 2. The fourth-order valence-corrected chi connectivity index (χ4v) is 2.93. The van der Waals surface area contributed by atoms with Gasteiger partial charge in [-0.1, -0.05) is 53.7 Å². The van der Waals surface area contributed by atoms with Crippen LogP contribution in [0.5, 0.6) is 0 Å². The molecule has 1 saturated heterocycles. The number of nitrogens with zero attached hydrogens (tertiary/aromatic N) is 2. The Morgan fingerprint density at radius 2 is 1.03 bits per heavy atom. The minimum absolute atomic E-state index is 0. The van der Waals surface area contributed by atoms with Gasteiger partial charge in [0, 0.05) is 0 Å². The zero-order valence-corrected chi connectivity index (χ0v) is 23.0. The minimum atomic E-state index is -0.652. The summed E-state index contributed by atoms with van der Waals surface area (Å²) in [6.07, 6.45) is -1.30. The third kappa shape index (κ3) is 7.61. The van der Waals surface area contributed by atoms with E-state index in [9.17, 15) is 10.2 Å². The van der Waals surface area contributed by atoms with Crippen molar-refractivity contribution in [1.29, 1.82) is 0 Å². The van der Waals surface area contributed by atoms with Crippen LogP contribution in [-0.2, 0) is 26.4 Å². The summed E-state index contributed by atoms with van der Waals surface area (Å²) in [7, 11) is 1.42. The molecule has 1 aliphatic rings. The van der Waals surface area contributed by atoms with Crippen LogP contribution in [0, 0.1) is 10.8 Å². The van der Waals surface area contributed by atoms with Gasteiger partial charge in [0.1, 0.15) is 12.2 Å². The number of aliphatic hydroxyl groups excluding tert-OH is 2. The Hall–Kier alpha value is -1.28. The molecule has 2 aromatic heterocycles. The van der Waals surface area contributed by atoms with Gasteiger partial charge in [0.05, 0.1) is 34.0 Å². The van der Waals surface area contributed by atoms with Gasteiger partial charge in [0.2, 0.25) is 0 Å². The third-order valence-electron chi connectivity index (χ3n) is 6.14. The first-order valence-electron chi connectivity index (χ1n) is 11.4. The minimum Gasteiger partial charge on any atom is -0.405 e. The van der Waals surface area contributed by atoms with E-state index in [-0.39, 0.29) is 39.1 Å². The molecule has 8 heteroatoms. The van der Waals surface area contributed by atoms with Crippen LogP contribution in [0.25, 0.3) is 11.4 Å². The van der Waals surface area contributed by atoms with Crippen LogP contribution in [-0.4, -0.2) is 39.1 Å². The summed E-state index contributed by atoms with van der Waals surface area (Å²) < 4.78 is 10.4. The molecule has 2 atom stereocenters. The van der Waals surface area contributed by atoms with Crippen molar-refractivity contribution in [2.24, 2.45) is 10.8 Å². The van der Waals surface area contributed by atoms with E-state index < -0.39 is 12.2 Å². The van der Waals surface area contributed by atoms with Crippen LogP contribution in [0.2, 0.25) is 0 Å². The molecule has 0 amide bonds. The Balaban J connectivity index is 0.000000486. The van der Waals surface area contributed by atoms with Crippen molar-refractivity contribution in [2.45, 2.75) is 92.6 Å². The quantitative estimate of drug-likeness (QED) is 0.527. The topological polar surface area (TPSA) is 84.7 Å². The first-order valence-corrected chi connectivity index (χ1v) is 11.4. The van der Waals surface area contributed by atoms with E-state index in [1.54, 1.807) is 0 Å². The van der Waals surface area contributed by atoms with Gasteiger partial charge >= 0.3 is 24.8 Å². The third-order valence-corrected chi connectivity index (χ3v) is 6.14. The molecule has 191 valence electrons. The molecule has 0 aliphatic carbocycles. The maximum absolute atomic E-state index is 10.5. The van der Waals surface area contributed by atoms with E-state index >= 15 is 0 Å². The molecule has 0 spiro atoms. The van der Waals surface area contributed by atoms with Gasteiger partial charge in [0.15, 0.2) is 0 Å². The second-order valence-electron chi connectivity index (χ2n) is 11.8. The fourth-order valence-electron chi connectivity index (χ4n) is 2.93. The number of hydrogen-bond donors (Lipinski definition) is 2. The first-order chi connectivity index (χ1) is 15.0. The standard InChI is InChI=1S/C20H28N2O2.C6H12BO2.Cu/c1-19(2,3)17(23)15-11-7-9-13(21-15)14-10-8-12-16(22-14)18(24)20(4,5)6;1-5(2)6(3,4)9-7-8-5;/h7-12,17-18,23-24H,1-6H3;1-4H3;/q;;+1/t17-,18-;;/m1../s1. The Bertz CT molecular complexity index is 863. The second-order valence-corrected chi connectivity index (χ2v) is 11.8. The summed E-state index contributed by atoms with van der Waals surface area (Å²) in [5, 5.41) is 20.9. The average molecular weight is 519 g/mol. The molecule has 3 rings (SSSR count). The maximum Gasteiger partial charge on any atom is 1.00 e. The van der Waals surface area contributed by atoms with Gasteiger partial charge in [-0.15, -0.1) is 0 Å². The van der Waals surface area contributed by atoms with Crippen molar-refractivity contribution in [2.75, 3.05) is 0 Å². The van der Waals surface area contributed by atoms with Crippen molar-refractivity contribution >= 4 is 7.69 Å². The molecule has 0 saturated carbocycles. The van der Waals surface area contributed by atoms with E-state index in [4.69, 9.17) is 9.31 Å². The molecule has 0 bridgehead atoms. The van der Waals surface area contributed by atoms with E-state index in [0.717, 1.165) is 0 Å². The normalized spacial score (nSPS) is 18.6. The molecule has 0 aromatic carbocycles. The van der Waals surface area contributed by atoms with Gasteiger partial charge < -0.3 is 19.5 Å². The molecule has 3 heterocycles. The Labute approximate surface area is 216 Å². The number of rotatable bonds is 3. The smallest absolute Gasteiger partial charge is 0.405 e. The van der Waals surface area contributed by atoms with Crippen LogP contribution < -0.4 is 0 Å². The Kier molecular flexibility index (Phi) is 10.1. The molecular formula is C26H40BCuN2O4+. The molecule has 34 heavy (non-hydrogen) atoms. The van der Waals surface area contributed by atoms with Crippen LogP contribution in [0.1, 0.15) is 92.8 Å². The van der Waals surface area contributed by atoms with Gasteiger partial charge in [-0.3, -0.25) is 0 Å². The SMILES string of the molecule is CC(C)(C)[C@H](O)c1cccc(-c2cccc([C@@H](O)C(C)(C)C)n2)n1.CC1(C)O[B]OC1(C)C.[Cu+]. The van der Waals surface area contributed by atoms with E-state index in [1.165, 1.54) is 7.69 Å². The Morgan fingerprint density at radius 1 is 0.706 bits per heavy atom. The van der Waals surface area contributed by atoms with Gasteiger partial charge in [0.25, 0.3) is 0 Å². The molecule has 2 aromatic rings. The summed E-state index contributed by atoms with van der Waals surface area (Å²) in [5.41, 5.74) is 1.69. The summed E-state index contributed by atoms with van der Waals surface area (Å²) in [6, 6.07) is 11.1. The molecule has 1 radical (unpaired) electrons. The van der Waals surface area contributed by atoms with Crippen molar-refractivity contribution in [3.05, 3.63) is 47.8 Å². The average Bonchev–Trinajstić information content (AvgIpc) is 2.96. The monoisotopic (exact) mass is 518 g/mol. The number of aliphatic hydroxyl groups is 2. The van der Waals surface area contributed by atoms with Crippen LogP contribution in [0.3, 0.4) is 0 Å². The van der Waals surface area contributed by atoms with Crippen molar-refractivity contribution in [3.63, 3.8) is 0 Å². The molecule has 1 fully saturated rings. The predicted molar refractivity (Wildman–Crippen MR) is 132 cm³/mol. The fraction of sp³-hybridized carbons (Fsp3) is 0.615. The summed E-state index contributed by atoms with van der Waals surface area (Å²) in [5.74, 6) is 0. The van der Waals surface area contributed by atoms with Crippen LogP contribution in [0.15, 0.2) is 36.4 Å². The van der Waals surface area contributed by atoms with Gasteiger partial charge in [-0.05, 0) is 62.8 Å². The Morgan fingerprint density at radius 3 is 1.26 bits per heavy atom. The maximum atomic E-state index is 10.5. The molecular weight excluding hydrogens is 479 g/mol. The summed E-state index contributed by atoms with van der Waals surface area (Å²) in [6.45, 7) is 19.9. The zero-order chi connectivity index (χ0) is 25.2. The number of hydrogen-bond acceptors (Lipinski definition) is 6. The molecule has 0 unspecified atom stereocenters. The van der Waals surface area contributed by atoms with E-state index in [0.29, 0.717) is 22.8 Å². The largest absolute Gasteiger partial charge is 1.00 e. The zero-order valence-electron chi connectivity index (χ0n) is 22.1. The first kappa shape index (κ1) is 30.8. The predicted octanol–water partition coefficient (Wildman–Crippen LogP) is 5.42. The van der Waals surface area contributed by atoms with Crippen molar-refractivity contribution in [3.8, 4) is 11.4 Å². The van der Waals surface area contributed by atoms with E-state index in [1.807, 2.05) is 106 Å². The van der Waals surface area contributed by atoms with Crippen LogP contribution in [0.4, 0.5) is 0 Å². The van der Waals surface area contributed by atoms with E-state index in [2.05, 4.69) is 9.97 Å². The van der Waals surface area contributed by atoms with Crippen molar-refractivity contribution in [1.82, 2.24) is 9.97 Å². The van der Waals surface area contributed by atoms with Crippen molar-refractivity contribution < 1.29 is 36.6 Å². The summed E-state index contributed by atoms with van der Waals surface area (Å²) in [4.78, 5) is 9.16.